The van der Waals surface area contributed by atoms with Gasteiger partial charge in [-0.2, -0.15) is 5.10 Å². The highest BCUT2D eigenvalue weighted by molar-refractivity contribution is 9.10. The Bertz CT molecular complexity index is 971. The van der Waals surface area contributed by atoms with Crippen LogP contribution in [-0.4, -0.2) is 21.6 Å². The first-order chi connectivity index (χ1) is 12.0. The Labute approximate surface area is 150 Å². The first-order valence-electron chi connectivity index (χ1n) is 7.17. The van der Waals surface area contributed by atoms with Gasteiger partial charge in [-0.15, -0.1) is 0 Å². The Morgan fingerprint density at radius 3 is 2.64 bits per heavy atom. The van der Waals surface area contributed by atoms with Crippen LogP contribution >= 0.6 is 15.9 Å². The molecular formula is C17H12BrFN4O2. The average molecular weight is 403 g/mol. The maximum atomic E-state index is 13.9. The molecule has 3 N–H and O–H groups in total. The van der Waals surface area contributed by atoms with Crippen LogP contribution in [0.1, 0.15) is 20.8 Å². The van der Waals surface area contributed by atoms with E-state index in [0.29, 0.717) is 15.8 Å². The van der Waals surface area contributed by atoms with Crippen molar-refractivity contribution in [3.05, 3.63) is 76.3 Å². The number of rotatable bonds is 4. The fourth-order valence-corrected chi connectivity index (χ4v) is 2.59. The van der Waals surface area contributed by atoms with Crippen molar-refractivity contribution < 1.29 is 14.0 Å². The summed E-state index contributed by atoms with van der Waals surface area (Å²) in [7, 11) is 0. The van der Waals surface area contributed by atoms with E-state index in [-0.39, 0.29) is 11.3 Å². The molecule has 0 saturated heterocycles. The molecule has 1 heterocycles. The Morgan fingerprint density at radius 2 is 1.92 bits per heavy atom. The number of primary amides is 1. The number of para-hydroxylation sites is 2. The summed E-state index contributed by atoms with van der Waals surface area (Å²) in [5.74, 6) is -1.89. The summed E-state index contributed by atoms with van der Waals surface area (Å²) >= 11 is 3.21. The minimum Gasteiger partial charge on any atom is -0.364 e. The molecule has 0 unspecified atom stereocenters. The highest BCUT2D eigenvalue weighted by Crippen LogP contribution is 2.22. The number of amides is 2. The lowest BCUT2D eigenvalue weighted by Gasteiger charge is -2.11. The topological polar surface area (TPSA) is 90.0 Å². The molecule has 2 amide bonds. The van der Waals surface area contributed by atoms with Gasteiger partial charge in [-0.25, -0.2) is 9.07 Å². The summed E-state index contributed by atoms with van der Waals surface area (Å²) in [6.45, 7) is 0. The second kappa shape index (κ2) is 6.86. The molecule has 126 valence electrons. The number of benzene rings is 2. The second-order valence-electron chi connectivity index (χ2n) is 5.11. The SMILES string of the molecule is NC(=O)c1ccn(-c2ccccc2NC(=O)c2cc(Br)ccc2F)n1. The number of carbonyl (C=O) groups is 2. The molecule has 25 heavy (non-hydrogen) atoms. The molecule has 0 aliphatic carbocycles. The molecule has 0 radical (unpaired) electrons. The Balaban J connectivity index is 1.94. The van der Waals surface area contributed by atoms with Crippen LogP contribution in [0.25, 0.3) is 5.69 Å². The molecule has 3 aromatic rings. The summed E-state index contributed by atoms with van der Waals surface area (Å²) < 4.78 is 15.9. The highest BCUT2D eigenvalue weighted by atomic mass is 79.9. The summed E-state index contributed by atoms with van der Waals surface area (Å²) in [6, 6.07) is 12.4. The van der Waals surface area contributed by atoms with Crippen LogP contribution in [-0.2, 0) is 0 Å². The molecule has 0 atom stereocenters. The van der Waals surface area contributed by atoms with E-state index in [9.17, 15) is 14.0 Å². The normalized spacial score (nSPS) is 10.5. The van der Waals surface area contributed by atoms with Gasteiger partial charge in [0.05, 0.1) is 16.9 Å². The molecule has 0 bridgehead atoms. The van der Waals surface area contributed by atoms with Crippen molar-refractivity contribution >= 4 is 33.4 Å². The third-order valence-electron chi connectivity index (χ3n) is 3.41. The summed E-state index contributed by atoms with van der Waals surface area (Å²) in [6.07, 6.45) is 1.55. The van der Waals surface area contributed by atoms with Gasteiger partial charge in [-0.1, -0.05) is 28.1 Å². The van der Waals surface area contributed by atoms with Crippen LogP contribution in [0.4, 0.5) is 10.1 Å². The van der Waals surface area contributed by atoms with Crippen molar-refractivity contribution in [2.75, 3.05) is 5.32 Å². The number of aromatic nitrogens is 2. The third-order valence-corrected chi connectivity index (χ3v) is 3.91. The van der Waals surface area contributed by atoms with Gasteiger partial charge in [-0.3, -0.25) is 9.59 Å². The second-order valence-corrected chi connectivity index (χ2v) is 6.02. The van der Waals surface area contributed by atoms with Crippen LogP contribution in [0.2, 0.25) is 0 Å². The summed E-state index contributed by atoms with van der Waals surface area (Å²) in [4.78, 5) is 23.6. The molecule has 1 aromatic heterocycles. The Hall–Kier alpha value is -3.00. The van der Waals surface area contributed by atoms with Crippen LogP contribution in [0.15, 0.2) is 59.2 Å². The molecule has 6 nitrogen and oxygen atoms in total. The van der Waals surface area contributed by atoms with Crippen LogP contribution < -0.4 is 11.1 Å². The molecule has 0 saturated carbocycles. The standard InChI is InChI=1S/C17H12BrFN4O2/c18-10-5-6-12(19)11(9-10)17(25)21-13-3-1-2-4-15(13)23-8-7-14(22-23)16(20)24/h1-9H,(H2,20,24)(H,21,25). The van der Waals surface area contributed by atoms with E-state index in [1.54, 1.807) is 30.5 Å². The van der Waals surface area contributed by atoms with Gasteiger partial charge in [0.15, 0.2) is 0 Å². The lowest BCUT2D eigenvalue weighted by Crippen LogP contribution is -2.16. The molecule has 3 rings (SSSR count). The maximum Gasteiger partial charge on any atom is 0.269 e. The first kappa shape index (κ1) is 16.8. The number of carbonyl (C=O) groups excluding carboxylic acids is 2. The monoisotopic (exact) mass is 402 g/mol. The van der Waals surface area contributed by atoms with Crippen LogP contribution in [0.3, 0.4) is 0 Å². The average Bonchev–Trinajstić information content (AvgIpc) is 3.07. The zero-order valence-corrected chi connectivity index (χ0v) is 14.3. The van der Waals surface area contributed by atoms with E-state index in [0.717, 1.165) is 0 Å². The smallest absolute Gasteiger partial charge is 0.269 e. The van der Waals surface area contributed by atoms with Crippen molar-refractivity contribution in [2.45, 2.75) is 0 Å². The number of nitrogens with one attached hydrogen (secondary N) is 1. The van der Waals surface area contributed by atoms with Crippen molar-refractivity contribution in [2.24, 2.45) is 5.73 Å². The van der Waals surface area contributed by atoms with Crippen molar-refractivity contribution in [3.63, 3.8) is 0 Å². The quantitative estimate of drug-likeness (QED) is 0.702. The van der Waals surface area contributed by atoms with Crippen LogP contribution in [0.5, 0.6) is 0 Å². The predicted molar refractivity (Wildman–Crippen MR) is 94.1 cm³/mol. The lowest BCUT2D eigenvalue weighted by atomic mass is 10.2. The lowest BCUT2D eigenvalue weighted by molar-refractivity contribution is 0.0992. The molecule has 0 aliphatic heterocycles. The van der Waals surface area contributed by atoms with E-state index >= 15 is 0 Å². The summed E-state index contributed by atoms with van der Waals surface area (Å²) in [5, 5.41) is 6.72. The fraction of sp³-hybridized carbons (Fsp3) is 0. The number of halogens is 2. The molecule has 2 aromatic carbocycles. The fourth-order valence-electron chi connectivity index (χ4n) is 2.23. The zero-order chi connectivity index (χ0) is 18.0. The van der Waals surface area contributed by atoms with Crippen molar-refractivity contribution in [1.82, 2.24) is 9.78 Å². The minimum absolute atomic E-state index is 0.0949. The zero-order valence-electron chi connectivity index (χ0n) is 12.7. The number of nitrogens with two attached hydrogens (primary N) is 1. The van der Waals surface area contributed by atoms with Gasteiger partial charge in [0.2, 0.25) is 0 Å². The van der Waals surface area contributed by atoms with Gasteiger partial charge >= 0.3 is 0 Å². The van der Waals surface area contributed by atoms with E-state index < -0.39 is 17.6 Å². The predicted octanol–water partition coefficient (Wildman–Crippen LogP) is 3.13. The van der Waals surface area contributed by atoms with Gasteiger partial charge in [-0.05, 0) is 36.4 Å². The van der Waals surface area contributed by atoms with E-state index in [1.165, 1.54) is 28.9 Å². The number of nitrogens with zero attached hydrogens (tertiary/aromatic N) is 2. The van der Waals surface area contributed by atoms with Gasteiger partial charge in [0.1, 0.15) is 11.5 Å². The van der Waals surface area contributed by atoms with E-state index in [4.69, 9.17) is 5.73 Å². The first-order valence-corrected chi connectivity index (χ1v) is 7.96. The van der Waals surface area contributed by atoms with Crippen LogP contribution in [0, 0.1) is 5.82 Å². The Kier molecular flexibility index (Phi) is 4.62. The number of anilines is 1. The molecule has 0 aliphatic rings. The minimum atomic E-state index is -0.656. The molecule has 8 heteroatoms. The van der Waals surface area contributed by atoms with Gasteiger partial charge in [0.25, 0.3) is 11.8 Å². The number of hydrogen-bond acceptors (Lipinski definition) is 3. The molecule has 0 fully saturated rings. The van der Waals surface area contributed by atoms with Gasteiger partial charge < -0.3 is 11.1 Å². The maximum absolute atomic E-state index is 13.9. The van der Waals surface area contributed by atoms with E-state index in [1.807, 2.05) is 0 Å². The summed E-state index contributed by atoms with van der Waals surface area (Å²) in [5.41, 5.74) is 6.12. The third kappa shape index (κ3) is 3.58. The highest BCUT2D eigenvalue weighted by Gasteiger charge is 2.15. The largest absolute Gasteiger partial charge is 0.364 e. The van der Waals surface area contributed by atoms with Gasteiger partial charge in [0, 0.05) is 10.7 Å². The van der Waals surface area contributed by atoms with Crippen molar-refractivity contribution in [1.29, 1.82) is 0 Å². The van der Waals surface area contributed by atoms with Crippen molar-refractivity contribution in [3.8, 4) is 5.69 Å². The molecule has 0 spiro atoms. The van der Waals surface area contributed by atoms with E-state index in [2.05, 4.69) is 26.3 Å². The Morgan fingerprint density at radius 1 is 1.16 bits per heavy atom. The number of hydrogen-bond donors (Lipinski definition) is 2. The molecular weight excluding hydrogens is 391 g/mol.